The molecule has 5 heteroatoms. The number of hydrogen-bond acceptors (Lipinski definition) is 3. The van der Waals surface area contributed by atoms with Gasteiger partial charge in [-0.3, -0.25) is 14.5 Å². The molecular weight excluding hydrogens is 360 g/mol. The molecule has 1 N–H and O–H groups in total. The Hall–Kier alpha value is -3.18. The van der Waals surface area contributed by atoms with Crippen LogP contribution in [0.2, 0.25) is 0 Å². The van der Waals surface area contributed by atoms with Gasteiger partial charge >= 0.3 is 5.69 Å². The lowest BCUT2D eigenvalue weighted by Crippen LogP contribution is -2.36. The van der Waals surface area contributed by atoms with E-state index >= 15 is 0 Å². The molecule has 1 saturated heterocycles. The zero-order chi connectivity index (χ0) is 19.6. The molecule has 1 fully saturated rings. The molecular formula is C24H24N4O. The van der Waals surface area contributed by atoms with Crippen molar-refractivity contribution in [3.05, 3.63) is 89.0 Å². The summed E-state index contributed by atoms with van der Waals surface area (Å²) in [6.45, 7) is 2.78. The maximum Gasteiger partial charge on any atom is 0.326 e. The number of pyridine rings is 1. The van der Waals surface area contributed by atoms with Gasteiger partial charge in [0.15, 0.2) is 0 Å². The molecule has 0 amide bonds. The lowest BCUT2D eigenvalue weighted by molar-refractivity contribution is 0.178. The Morgan fingerprint density at radius 2 is 1.66 bits per heavy atom. The van der Waals surface area contributed by atoms with Gasteiger partial charge in [0, 0.05) is 31.2 Å². The molecule has 2 aromatic carbocycles. The lowest BCUT2D eigenvalue weighted by atomic mass is 10.0. The second kappa shape index (κ2) is 7.68. The molecule has 0 bridgehead atoms. The van der Waals surface area contributed by atoms with E-state index in [9.17, 15) is 4.79 Å². The number of fused-ring (bicyclic) bond motifs is 1. The topological polar surface area (TPSA) is 53.9 Å². The third kappa shape index (κ3) is 3.61. The number of benzene rings is 2. The number of para-hydroxylation sites is 2. The Labute approximate surface area is 169 Å². The van der Waals surface area contributed by atoms with Crippen molar-refractivity contribution in [3.63, 3.8) is 0 Å². The van der Waals surface area contributed by atoms with Crippen molar-refractivity contribution in [2.75, 3.05) is 13.1 Å². The molecule has 5 rings (SSSR count). The molecule has 1 aliphatic heterocycles. The molecule has 0 aliphatic carbocycles. The number of piperidine rings is 1. The van der Waals surface area contributed by atoms with Crippen LogP contribution in [0.3, 0.4) is 0 Å². The zero-order valence-corrected chi connectivity index (χ0v) is 16.3. The molecule has 0 atom stereocenters. The van der Waals surface area contributed by atoms with Crippen molar-refractivity contribution in [2.45, 2.75) is 25.4 Å². The van der Waals surface area contributed by atoms with E-state index in [1.165, 1.54) is 0 Å². The third-order valence-electron chi connectivity index (χ3n) is 5.81. The van der Waals surface area contributed by atoms with Crippen molar-refractivity contribution in [1.82, 2.24) is 19.4 Å². The van der Waals surface area contributed by atoms with E-state index in [4.69, 9.17) is 4.98 Å². The molecule has 29 heavy (non-hydrogen) atoms. The van der Waals surface area contributed by atoms with Gasteiger partial charge in [-0.05, 0) is 37.1 Å². The first-order valence-corrected chi connectivity index (χ1v) is 10.2. The Morgan fingerprint density at radius 3 is 2.48 bits per heavy atom. The first-order chi connectivity index (χ1) is 14.3. The second-order valence-electron chi connectivity index (χ2n) is 7.70. The van der Waals surface area contributed by atoms with E-state index in [1.54, 1.807) is 0 Å². The summed E-state index contributed by atoms with van der Waals surface area (Å²) in [5.74, 6) is 0. The van der Waals surface area contributed by atoms with Crippen molar-refractivity contribution in [3.8, 4) is 11.3 Å². The molecule has 0 saturated carbocycles. The summed E-state index contributed by atoms with van der Waals surface area (Å²) in [5.41, 5.74) is 5.18. The maximum atomic E-state index is 12.5. The van der Waals surface area contributed by atoms with Gasteiger partial charge in [-0.25, -0.2) is 4.79 Å². The fraction of sp³-hybridized carbons (Fsp3) is 0.250. The lowest BCUT2D eigenvalue weighted by Gasteiger charge is -2.32. The van der Waals surface area contributed by atoms with Crippen LogP contribution in [0.5, 0.6) is 0 Å². The molecule has 4 aromatic rings. The molecule has 0 spiro atoms. The van der Waals surface area contributed by atoms with Crippen molar-refractivity contribution < 1.29 is 0 Å². The molecule has 3 heterocycles. The molecule has 5 nitrogen and oxygen atoms in total. The number of nitrogens with one attached hydrogen (secondary N) is 1. The summed E-state index contributed by atoms with van der Waals surface area (Å²) in [6, 6.07) is 24.7. The van der Waals surface area contributed by atoms with Crippen LogP contribution in [0.25, 0.3) is 22.3 Å². The molecule has 0 radical (unpaired) electrons. The van der Waals surface area contributed by atoms with Crippen LogP contribution < -0.4 is 5.69 Å². The number of H-pyrrole nitrogens is 1. The molecule has 2 aromatic heterocycles. The first-order valence-electron chi connectivity index (χ1n) is 10.2. The summed E-state index contributed by atoms with van der Waals surface area (Å²) < 4.78 is 1.95. The first kappa shape index (κ1) is 17.9. The number of rotatable bonds is 4. The summed E-state index contributed by atoms with van der Waals surface area (Å²) in [5, 5.41) is 0. The van der Waals surface area contributed by atoms with Gasteiger partial charge in [0.2, 0.25) is 0 Å². The number of nitrogens with zero attached hydrogens (tertiary/aromatic N) is 3. The molecule has 146 valence electrons. The maximum absolute atomic E-state index is 12.5. The van der Waals surface area contributed by atoms with Crippen LogP contribution in [0.4, 0.5) is 0 Å². The van der Waals surface area contributed by atoms with Crippen molar-refractivity contribution in [2.24, 2.45) is 0 Å². The van der Waals surface area contributed by atoms with E-state index in [2.05, 4.69) is 40.2 Å². The van der Waals surface area contributed by atoms with Gasteiger partial charge in [0.25, 0.3) is 0 Å². The number of aromatic amines is 1. The minimum absolute atomic E-state index is 0.00174. The Bertz CT molecular complexity index is 1170. The van der Waals surface area contributed by atoms with E-state index in [0.29, 0.717) is 0 Å². The van der Waals surface area contributed by atoms with Gasteiger partial charge in [-0.15, -0.1) is 0 Å². The average Bonchev–Trinajstić information content (AvgIpc) is 3.11. The van der Waals surface area contributed by atoms with Gasteiger partial charge in [-0.2, -0.15) is 0 Å². The summed E-state index contributed by atoms with van der Waals surface area (Å²) >= 11 is 0. The van der Waals surface area contributed by atoms with E-state index in [-0.39, 0.29) is 11.7 Å². The molecule has 0 unspecified atom stereocenters. The minimum Gasteiger partial charge on any atom is -0.306 e. The van der Waals surface area contributed by atoms with Gasteiger partial charge in [0.05, 0.1) is 22.4 Å². The van der Waals surface area contributed by atoms with Crippen molar-refractivity contribution >= 4 is 11.0 Å². The Kier molecular flexibility index (Phi) is 4.74. The predicted molar refractivity (Wildman–Crippen MR) is 116 cm³/mol. The van der Waals surface area contributed by atoms with Gasteiger partial charge < -0.3 is 4.98 Å². The normalized spacial score (nSPS) is 15.7. The number of aromatic nitrogens is 3. The number of hydrogen-bond donors (Lipinski definition) is 1. The van der Waals surface area contributed by atoms with Crippen LogP contribution in [-0.4, -0.2) is 32.5 Å². The summed E-state index contributed by atoms with van der Waals surface area (Å²) in [6.07, 6.45) is 1.94. The number of likely N-dealkylation sites (tertiary alicyclic amines) is 1. The second-order valence-corrected chi connectivity index (χ2v) is 7.70. The smallest absolute Gasteiger partial charge is 0.306 e. The number of imidazole rings is 1. The largest absolute Gasteiger partial charge is 0.326 e. The van der Waals surface area contributed by atoms with Crippen LogP contribution in [0.15, 0.2) is 77.6 Å². The van der Waals surface area contributed by atoms with Crippen LogP contribution in [0, 0.1) is 0 Å². The Morgan fingerprint density at radius 1 is 0.897 bits per heavy atom. The van der Waals surface area contributed by atoms with E-state index in [1.807, 2.05) is 47.0 Å². The highest BCUT2D eigenvalue weighted by atomic mass is 16.1. The fourth-order valence-corrected chi connectivity index (χ4v) is 4.34. The highest BCUT2D eigenvalue weighted by Crippen LogP contribution is 2.26. The van der Waals surface area contributed by atoms with Crippen LogP contribution in [0.1, 0.15) is 24.6 Å². The highest BCUT2D eigenvalue weighted by Gasteiger charge is 2.23. The summed E-state index contributed by atoms with van der Waals surface area (Å²) in [4.78, 5) is 22.7. The van der Waals surface area contributed by atoms with Gasteiger partial charge in [-0.1, -0.05) is 48.5 Å². The Balaban J connectivity index is 1.28. The van der Waals surface area contributed by atoms with Gasteiger partial charge in [0.1, 0.15) is 0 Å². The van der Waals surface area contributed by atoms with Crippen LogP contribution >= 0.6 is 0 Å². The van der Waals surface area contributed by atoms with E-state index < -0.39 is 0 Å². The monoisotopic (exact) mass is 384 g/mol. The van der Waals surface area contributed by atoms with E-state index in [0.717, 1.165) is 60.5 Å². The quantitative estimate of drug-likeness (QED) is 0.573. The third-order valence-corrected chi connectivity index (χ3v) is 5.81. The predicted octanol–water partition coefficient (Wildman–Crippen LogP) is 4.23. The van der Waals surface area contributed by atoms with Crippen molar-refractivity contribution in [1.29, 1.82) is 0 Å². The average molecular weight is 384 g/mol. The standard InChI is InChI=1S/C24H24N4O/c29-24-26-22-10-4-5-12-23(22)28(24)20-13-15-27(16-14-20)17-19-9-6-11-21(25-19)18-7-2-1-3-8-18/h1-12,20H,13-17H2,(H,26,29). The minimum atomic E-state index is 0.00174. The van der Waals surface area contributed by atoms with Crippen LogP contribution in [-0.2, 0) is 6.54 Å². The SMILES string of the molecule is O=c1[nH]c2ccccc2n1C1CCN(Cc2cccc(-c3ccccc3)n2)CC1. The fourth-order valence-electron chi connectivity index (χ4n) is 4.34. The zero-order valence-electron chi connectivity index (χ0n) is 16.3. The summed E-state index contributed by atoms with van der Waals surface area (Å²) in [7, 11) is 0. The highest BCUT2D eigenvalue weighted by molar-refractivity contribution is 5.75. The molecule has 1 aliphatic rings.